The Morgan fingerprint density at radius 2 is 2.10 bits per heavy atom. The maximum absolute atomic E-state index is 13.5. The van der Waals surface area contributed by atoms with Gasteiger partial charge in [0.25, 0.3) is 5.56 Å². The smallest absolute Gasteiger partial charge is 0.263 e. The molecule has 0 aliphatic heterocycles. The van der Waals surface area contributed by atoms with Crippen molar-refractivity contribution in [3.8, 4) is 5.75 Å². The monoisotopic (exact) mass is 411 g/mol. The van der Waals surface area contributed by atoms with E-state index in [0.29, 0.717) is 23.5 Å². The Labute approximate surface area is 173 Å². The van der Waals surface area contributed by atoms with Crippen LogP contribution in [0.15, 0.2) is 29.1 Å². The molecule has 2 atom stereocenters. The Balaban J connectivity index is 1.88. The quantitative estimate of drug-likeness (QED) is 0.698. The molecule has 1 aliphatic rings. The number of nitrogens with two attached hydrogens (primary N) is 1. The highest BCUT2D eigenvalue weighted by Crippen LogP contribution is 2.36. The highest BCUT2D eigenvalue weighted by atomic mass is 32.1. The van der Waals surface area contributed by atoms with Gasteiger partial charge in [0.2, 0.25) is 5.91 Å². The lowest BCUT2D eigenvalue weighted by molar-refractivity contribution is -0.120. The van der Waals surface area contributed by atoms with Gasteiger partial charge in [0.05, 0.1) is 12.5 Å². The van der Waals surface area contributed by atoms with Gasteiger partial charge >= 0.3 is 0 Å². The summed E-state index contributed by atoms with van der Waals surface area (Å²) in [6, 6.07) is 6.87. The summed E-state index contributed by atoms with van der Waals surface area (Å²) in [5, 5.41) is 0.670. The maximum Gasteiger partial charge on any atom is 0.263 e. The lowest BCUT2D eigenvalue weighted by Crippen LogP contribution is -2.35. The first-order chi connectivity index (χ1) is 13.9. The van der Waals surface area contributed by atoms with Crippen molar-refractivity contribution >= 4 is 27.5 Å². The summed E-state index contributed by atoms with van der Waals surface area (Å²) in [4.78, 5) is 32.3. The van der Waals surface area contributed by atoms with Gasteiger partial charge < -0.3 is 10.5 Å². The molecule has 3 aromatic rings. The number of nitrogens with zero attached hydrogens (tertiary/aromatic N) is 2. The standard InChI is InChI=1S/C22H25N3O3S/c1-12-4-9-16-17(10-12)29-21-19(16)22(27)25(13(2)20(23)26)18(24-21)11-14-5-7-15(28-3)8-6-14/h5-8,12-13H,4,9-11H2,1-3H3,(H2,23,26). The highest BCUT2D eigenvalue weighted by molar-refractivity contribution is 7.18. The average Bonchev–Trinajstić information content (AvgIpc) is 3.05. The average molecular weight is 412 g/mol. The lowest BCUT2D eigenvalue weighted by Gasteiger charge is -2.19. The fourth-order valence-electron chi connectivity index (χ4n) is 4.02. The van der Waals surface area contributed by atoms with Crippen LogP contribution >= 0.6 is 11.3 Å². The number of methoxy groups -OCH3 is 1. The van der Waals surface area contributed by atoms with Crippen LogP contribution in [0.4, 0.5) is 0 Å². The van der Waals surface area contributed by atoms with Crippen LogP contribution in [-0.2, 0) is 24.1 Å². The fourth-order valence-corrected chi connectivity index (χ4v) is 5.41. The van der Waals surface area contributed by atoms with E-state index in [1.165, 1.54) is 9.44 Å². The van der Waals surface area contributed by atoms with Crippen LogP contribution in [-0.4, -0.2) is 22.6 Å². The number of hydrogen-bond donors (Lipinski definition) is 1. The van der Waals surface area contributed by atoms with Gasteiger partial charge in [-0.05, 0) is 55.4 Å². The third-order valence-corrected chi connectivity index (χ3v) is 6.90. The number of thiophene rings is 1. The second-order valence-corrected chi connectivity index (χ2v) is 8.92. The first kappa shape index (κ1) is 19.6. The molecular formula is C22H25N3O3S. The number of primary amides is 1. The minimum absolute atomic E-state index is 0.156. The zero-order valence-corrected chi connectivity index (χ0v) is 17.7. The largest absolute Gasteiger partial charge is 0.497 e. The van der Waals surface area contributed by atoms with E-state index in [4.69, 9.17) is 15.5 Å². The number of ether oxygens (including phenoxy) is 1. The van der Waals surface area contributed by atoms with Crippen molar-refractivity contribution < 1.29 is 9.53 Å². The van der Waals surface area contributed by atoms with Gasteiger partial charge in [-0.25, -0.2) is 4.98 Å². The summed E-state index contributed by atoms with van der Waals surface area (Å²) in [5.74, 6) is 1.40. The summed E-state index contributed by atoms with van der Waals surface area (Å²) in [5.41, 5.74) is 7.51. The van der Waals surface area contributed by atoms with Crippen LogP contribution in [0.3, 0.4) is 0 Å². The zero-order valence-electron chi connectivity index (χ0n) is 16.9. The number of aryl methyl sites for hydroxylation is 1. The third-order valence-electron chi connectivity index (χ3n) is 5.75. The number of rotatable bonds is 5. The van der Waals surface area contributed by atoms with E-state index in [1.807, 2.05) is 24.3 Å². The predicted molar refractivity (Wildman–Crippen MR) is 115 cm³/mol. The van der Waals surface area contributed by atoms with E-state index in [2.05, 4.69) is 6.92 Å². The molecule has 1 aliphatic carbocycles. The van der Waals surface area contributed by atoms with Crippen LogP contribution in [0.5, 0.6) is 5.75 Å². The van der Waals surface area contributed by atoms with Crippen molar-refractivity contribution in [2.45, 2.75) is 45.6 Å². The molecule has 2 N–H and O–H groups in total. The molecule has 2 unspecified atom stereocenters. The maximum atomic E-state index is 13.5. The molecule has 0 saturated heterocycles. The highest BCUT2D eigenvalue weighted by Gasteiger charge is 2.27. The summed E-state index contributed by atoms with van der Waals surface area (Å²) >= 11 is 1.62. The van der Waals surface area contributed by atoms with Crippen molar-refractivity contribution in [2.24, 2.45) is 11.7 Å². The van der Waals surface area contributed by atoms with Gasteiger partial charge in [-0.3, -0.25) is 14.2 Å². The molecule has 0 bridgehead atoms. The molecule has 4 rings (SSSR count). The summed E-state index contributed by atoms with van der Waals surface area (Å²) in [7, 11) is 1.62. The van der Waals surface area contributed by atoms with Gasteiger partial charge in [0.1, 0.15) is 22.4 Å². The molecule has 0 fully saturated rings. The Bertz CT molecular complexity index is 1130. The van der Waals surface area contributed by atoms with E-state index < -0.39 is 11.9 Å². The van der Waals surface area contributed by atoms with Crippen molar-refractivity contribution in [1.82, 2.24) is 9.55 Å². The van der Waals surface area contributed by atoms with Gasteiger partial charge in [0.15, 0.2) is 0 Å². The molecule has 6 nitrogen and oxygen atoms in total. The predicted octanol–water partition coefficient (Wildman–Crippen LogP) is 3.23. The zero-order chi connectivity index (χ0) is 20.7. The molecule has 1 amide bonds. The summed E-state index contributed by atoms with van der Waals surface area (Å²) < 4.78 is 6.70. The first-order valence-electron chi connectivity index (χ1n) is 9.87. The van der Waals surface area contributed by atoms with Crippen LogP contribution < -0.4 is 16.0 Å². The number of hydrogen-bond acceptors (Lipinski definition) is 5. The minimum atomic E-state index is -0.759. The number of amides is 1. The van der Waals surface area contributed by atoms with E-state index in [9.17, 15) is 9.59 Å². The molecule has 0 radical (unpaired) electrons. The van der Waals surface area contributed by atoms with Crippen LogP contribution in [0.1, 0.15) is 48.1 Å². The Kier molecular flexibility index (Phi) is 5.17. The van der Waals surface area contributed by atoms with Crippen molar-refractivity contribution in [1.29, 1.82) is 0 Å². The molecule has 152 valence electrons. The summed E-state index contributed by atoms with van der Waals surface area (Å²) in [6.07, 6.45) is 3.37. The number of fused-ring (bicyclic) bond motifs is 3. The number of aromatic nitrogens is 2. The number of carbonyl (C=O) groups is 1. The van der Waals surface area contributed by atoms with Gasteiger partial charge in [-0.15, -0.1) is 11.3 Å². The van der Waals surface area contributed by atoms with Crippen LogP contribution in [0.2, 0.25) is 0 Å². The van der Waals surface area contributed by atoms with E-state index in [0.717, 1.165) is 41.0 Å². The summed E-state index contributed by atoms with van der Waals surface area (Å²) in [6.45, 7) is 3.90. The number of benzene rings is 1. The van der Waals surface area contributed by atoms with Crippen molar-refractivity contribution in [3.05, 3.63) is 56.4 Å². The fraction of sp³-hybridized carbons (Fsp3) is 0.409. The Hall–Kier alpha value is -2.67. The van der Waals surface area contributed by atoms with Crippen molar-refractivity contribution in [3.63, 3.8) is 0 Å². The SMILES string of the molecule is COc1ccc(Cc2nc3sc4c(c3c(=O)n2C(C)C(N)=O)CCC(C)C4)cc1. The van der Waals surface area contributed by atoms with E-state index >= 15 is 0 Å². The first-order valence-corrected chi connectivity index (χ1v) is 10.7. The van der Waals surface area contributed by atoms with Crippen molar-refractivity contribution in [2.75, 3.05) is 7.11 Å². The normalized spacial score (nSPS) is 17.1. The lowest BCUT2D eigenvalue weighted by atomic mass is 9.89. The molecular weight excluding hydrogens is 386 g/mol. The van der Waals surface area contributed by atoms with E-state index in [-0.39, 0.29) is 5.56 Å². The van der Waals surface area contributed by atoms with Gasteiger partial charge in [0, 0.05) is 11.3 Å². The topological polar surface area (TPSA) is 87.2 Å². The molecule has 0 saturated carbocycles. The van der Waals surface area contributed by atoms with Crippen LogP contribution in [0, 0.1) is 5.92 Å². The molecule has 1 aromatic carbocycles. The molecule has 0 spiro atoms. The molecule has 7 heteroatoms. The second kappa shape index (κ2) is 7.63. The minimum Gasteiger partial charge on any atom is -0.497 e. The third kappa shape index (κ3) is 3.55. The Morgan fingerprint density at radius 3 is 2.76 bits per heavy atom. The van der Waals surface area contributed by atoms with Gasteiger partial charge in [-0.1, -0.05) is 19.1 Å². The number of carbonyl (C=O) groups excluding carboxylic acids is 1. The molecule has 2 heterocycles. The molecule has 29 heavy (non-hydrogen) atoms. The van der Waals surface area contributed by atoms with E-state index in [1.54, 1.807) is 25.4 Å². The van der Waals surface area contributed by atoms with Crippen LogP contribution in [0.25, 0.3) is 10.2 Å². The Morgan fingerprint density at radius 1 is 1.38 bits per heavy atom. The second-order valence-electron chi connectivity index (χ2n) is 7.84. The molecule has 2 aromatic heterocycles. The van der Waals surface area contributed by atoms with Gasteiger partial charge in [-0.2, -0.15) is 0 Å².